The quantitative estimate of drug-likeness (QED) is 0.772. The summed E-state index contributed by atoms with van der Waals surface area (Å²) in [4.78, 5) is 4.18. The molecule has 18 heavy (non-hydrogen) atoms. The van der Waals surface area contributed by atoms with Crippen LogP contribution in [-0.4, -0.2) is 4.98 Å². The minimum atomic E-state index is 0.362. The minimum Gasteiger partial charge on any atom is -0.396 e. The van der Waals surface area contributed by atoms with Gasteiger partial charge in [-0.3, -0.25) is 0 Å². The average Bonchev–Trinajstić information content (AvgIpc) is 2.32. The molecule has 1 heterocycles. The van der Waals surface area contributed by atoms with Gasteiger partial charge in [0.05, 0.1) is 5.69 Å². The fraction of sp³-hybridized carbons (Fsp3) is 0.214. The molecule has 2 rings (SSSR count). The number of anilines is 3. The average molecular weight is 242 g/mol. The molecule has 2 aromatic rings. The van der Waals surface area contributed by atoms with Crippen molar-refractivity contribution in [3.05, 3.63) is 47.0 Å². The van der Waals surface area contributed by atoms with E-state index in [1.165, 1.54) is 16.7 Å². The Morgan fingerprint density at radius 1 is 1.11 bits per heavy atom. The van der Waals surface area contributed by atoms with Crippen LogP contribution in [0.15, 0.2) is 30.3 Å². The maximum atomic E-state index is 5.66. The van der Waals surface area contributed by atoms with E-state index >= 15 is 0 Å². The Labute approximate surface area is 107 Å². The number of rotatable bonds is 3. The van der Waals surface area contributed by atoms with E-state index in [9.17, 15) is 0 Å². The van der Waals surface area contributed by atoms with Gasteiger partial charge < -0.3 is 16.8 Å². The van der Waals surface area contributed by atoms with Crippen molar-refractivity contribution in [2.75, 3.05) is 16.8 Å². The molecule has 0 amide bonds. The molecule has 0 aliphatic heterocycles. The van der Waals surface area contributed by atoms with Crippen molar-refractivity contribution in [3.8, 4) is 0 Å². The third kappa shape index (κ3) is 2.71. The molecular formula is C14H18N4. The molecule has 0 aliphatic rings. The first-order chi connectivity index (χ1) is 8.56. The Hall–Kier alpha value is -2.23. The lowest BCUT2D eigenvalue weighted by Crippen LogP contribution is -2.05. The maximum absolute atomic E-state index is 5.66. The smallest absolute Gasteiger partial charge is 0.149 e. The minimum absolute atomic E-state index is 0.362. The molecular weight excluding hydrogens is 224 g/mol. The summed E-state index contributed by atoms with van der Waals surface area (Å²) in [5.74, 6) is 1.10. The predicted molar refractivity (Wildman–Crippen MR) is 76.3 cm³/mol. The van der Waals surface area contributed by atoms with E-state index in [2.05, 4.69) is 42.3 Å². The SMILES string of the molecule is Cc1ccc(CNc2ccc(N)c(N)n2)c(C)c1. The second kappa shape index (κ2) is 4.96. The highest BCUT2D eigenvalue weighted by Crippen LogP contribution is 2.16. The van der Waals surface area contributed by atoms with Crippen molar-refractivity contribution in [1.29, 1.82) is 0 Å². The van der Waals surface area contributed by atoms with Gasteiger partial charge in [0, 0.05) is 6.54 Å². The summed E-state index contributed by atoms with van der Waals surface area (Å²) in [6.45, 7) is 4.92. The molecule has 94 valence electrons. The molecule has 1 aromatic heterocycles. The first-order valence-electron chi connectivity index (χ1n) is 5.88. The Morgan fingerprint density at radius 2 is 1.89 bits per heavy atom. The summed E-state index contributed by atoms with van der Waals surface area (Å²) in [5.41, 5.74) is 15.6. The van der Waals surface area contributed by atoms with E-state index in [0.717, 1.165) is 12.4 Å². The number of aryl methyl sites for hydroxylation is 2. The Kier molecular flexibility index (Phi) is 3.37. The molecule has 0 spiro atoms. The highest BCUT2D eigenvalue weighted by Gasteiger charge is 2.01. The fourth-order valence-electron chi connectivity index (χ4n) is 1.81. The number of nitrogen functional groups attached to an aromatic ring is 2. The summed E-state index contributed by atoms with van der Waals surface area (Å²) in [7, 11) is 0. The highest BCUT2D eigenvalue weighted by molar-refractivity contribution is 5.61. The third-order valence-corrected chi connectivity index (χ3v) is 2.92. The number of benzene rings is 1. The maximum Gasteiger partial charge on any atom is 0.149 e. The van der Waals surface area contributed by atoms with Crippen molar-refractivity contribution in [2.45, 2.75) is 20.4 Å². The van der Waals surface area contributed by atoms with Gasteiger partial charge in [-0.25, -0.2) is 4.98 Å². The molecule has 0 bridgehead atoms. The number of hydrogen-bond donors (Lipinski definition) is 3. The molecule has 0 unspecified atom stereocenters. The molecule has 4 heteroatoms. The van der Waals surface area contributed by atoms with Crippen molar-refractivity contribution >= 4 is 17.3 Å². The van der Waals surface area contributed by atoms with Crippen molar-refractivity contribution in [3.63, 3.8) is 0 Å². The number of pyridine rings is 1. The molecule has 0 fully saturated rings. The summed E-state index contributed by atoms with van der Waals surface area (Å²) in [5, 5.41) is 3.24. The molecule has 0 radical (unpaired) electrons. The van der Waals surface area contributed by atoms with Crippen LogP contribution in [0.3, 0.4) is 0 Å². The van der Waals surface area contributed by atoms with E-state index in [4.69, 9.17) is 11.5 Å². The summed E-state index contributed by atoms with van der Waals surface area (Å²) in [6, 6.07) is 9.98. The molecule has 1 aromatic carbocycles. The van der Waals surface area contributed by atoms with Gasteiger partial charge in [-0.05, 0) is 37.1 Å². The highest BCUT2D eigenvalue weighted by atomic mass is 15.0. The number of aromatic nitrogens is 1. The lowest BCUT2D eigenvalue weighted by atomic mass is 10.1. The van der Waals surface area contributed by atoms with Crippen LogP contribution in [-0.2, 0) is 6.54 Å². The fourth-order valence-corrected chi connectivity index (χ4v) is 1.81. The van der Waals surface area contributed by atoms with Crippen LogP contribution in [0.5, 0.6) is 0 Å². The molecule has 0 atom stereocenters. The van der Waals surface area contributed by atoms with Gasteiger partial charge in [0.25, 0.3) is 0 Å². The van der Waals surface area contributed by atoms with Crippen LogP contribution in [0.2, 0.25) is 0 Å². The van der Waals surface area contributed by atoms with E-state index in [1.807, 2.05) is 6.07 Å². The van der Waals surface area contributed by atoms with Gasteiger partial charge in [-0.1, -0.05) is 23.8 Å². The summed E-state index contributed by atoms with van der Waals surface area (Å²) >= 11 is 0. The number of nitrogens with one attached hydrogen (secondary N) is 1. The first-order valence-corrected chi connectivity index (χ1v) is 5.88. The summed E-state index contributed by atoms with van der Waals surface area (Å²) < 4.78 is 0. The monoisotopic (exact) mass is 242 g/mol. The first kappa shape index (κ1) is 12.2. The molecule has 4 nitrogen and oxygen atoms in total. The van der Waals surface area contributed by atoms with Gasteiger partial charge in [0.15, 0.2) is 0 Å². The number of hydrogen-bond acceptors (Lipinski definition) is 4. The van der Waals surface area contributed by atoms with Crippen molar-refractivity contribution in [2.24, 2.45) is 0 Å². The van der Waals surface area contributed by atoms with Crippen LogP contribution >= 0.6 is 0 Å². The van der Waals surface area contributed by atoms with Gasteiger partial charge in [0.1, 0.15) is 11.6 Å². The molecule has 5 N–H and O–H groups in total. The van der Waals surface area contributed by atoms with Crippen molar-refractivity contribution < 1.29 is 0 Å². The molecule has 0 aliphatic carbocycles. The lowest BCUT2D eigenvalue weighted by Gasteiger charge is -2.10. The van der Waals surface area contributed by atoms with Gasteiger partial charge >= 0.3 is 0 Å². The zero-order chi connectivity index (χ0) is 13.1. The lowest BCUT2D eigenvalue weighted by molar-refractivity contribution is 1.09. The molecule has 0 saturated heterocycles. The predicted octanol–water partition coefficient (Wildman–Crippen LogP) is 2.47. The Bertz CT molecular complexity index is 564. The topological polar surface area (TPSA) is 77.0 Å². The second-order valence-corrected chi connectivity index (χ2v) is 4.45. The normalized spacial score (nSPS) is 10.3. The number of nitrogens with two attached hydrogens (primary N) is 2. The number of nitrogens with zero attached hydrogens (tertiary/aromatic N) is 1. The van der Waals surface area contributed by atoms with Crippen LogP contribution in [0.4, 0.5) is 17.3 Å². The molecule has 0 saturated carbocycles. The van der Waals surface area contributed by atoms with E-state index in [1.54, 1.807) is 6.07 Å². The largest absolute Gasteiger partial charge is 0.396 e. The van der Waals surface area contributed by atoms with Crippen LogP contribution in [0.1, 0.15) is 16.7 Å². The zero-order valence-electron chi connectivity index (χ0n) is 10.7. The van der Waals surface area contributed by atoms with E-state index < -0.39 is 0 Å². The van der Waals surface area contributed by atoms with Gasteiger partial charge in [-0.15, -0.1) is 0 Å². The zero-order valence-corrected chi connectivity index (χ0v) is 10.7. The van der Waals surface area contributed by atoms with Crippen molar-refractivity contribution in [1.82, 2.24) is 4.98 Å². The Balaban J connectivity index is 2.09. The second-order valence-electron chi connectivity index (χ2n) is 4.45. The van der Waals surface area contributed by atoms with E-state index in [-0.39, 0.29) is 0 Å². The van der Waals surface area contributed by atoms with E-state index in [0.29, 0.717) is 11.5 Å². The van der Waals surface area contributed by atoms with Gasteiger partial charge in [-0.2, -0.15) is 0 Å². The van der Waals surface area contributed by atoms with Gasteiger partial charge in [0.2, 0.25) is 0 Å². The van der Waals surface area contributed by atoms with Crippen LogP contribution in [0, 0.1) is 13.8 Å². The Morgan fingerprint density at radius 3 is 2.56 bits per heavy atom. The van der Waals surface area contributed by atoms with Crippen LogP contribution < -0.4 is 16.8 Å². The standard InChI is InChI=1S/C14H18N4/c1-9-3-4-11(10(2)7-9)8-17-13-6-5-12(15)14(16)18-13/h3-7H,8,15H2,1-2H3,(H3,16,17,18). The summed E-state index contributed by atoms with van der Waals surface area (Å²) in [6.07, 6.45) is 0. The van der Waals surface area contributed by atoms with Crippen LogP contribution in [0.25, 0.3) is 0 Å². The third-order valence-electron chi connectivity index (χ3n) is 2.92.